The molecule has 2 N–H and O–H groups in total. The minimum atomic E-state index is -1.04. The second-order valence-corrected chi connectivity index (χ2v) is 6.91. The summed E-state index contributed by atoms with van der Waals surface area (Å²) in [7, 11) is 1.73. The van der Waals surface area contributed by atoms with Gasteiger partial charge in [0.25, 0.3) is 0 Å². The first-order valence-corrected chi connectivity index (χ1v) is 9.02. The lowest BCUT2D eigenvalue weighted by Crippen LogP contribution is -2.45. The molecule has 2 atom stereocenters. The molecule has 6 nitrogen and oxygen atoms in total. The van der Waals surface area contributed by atoms with Gasteiger partial charge in [0, 0.05) is 18.3 Å². The van der Waals surface area contributed by atoms with E-state index in [1.807, 2.05) is 26.0 Å². The molecule has 0 radical (unpaired) electrons. The van der Waals surface area contributed by atoms with Gasteiger partial charge in [0.1, 0.15) is 6.04 Å². The van der Waals surface area contributed by atoms with Crippen molar-refractivity contribution in [1.29, 1.82) is 0 Å². The highest BCUT2D eigenvalue weighted by Gasteiger charge is 2.25. The highest BCUT2D eigenvalue weighted by Crippen LogP contribution is 2.15. The summed E-state index contributed by atoms with van der Waals surface area (Å²) >= 11 is 0. The molecule has 0 spiro atoms. The van der Waals surface area contributed by atoms with Gasteiger partial charge >= 0.3 is 5.97 Å². The number of rotatable bonds is 8. The SMILES string of the molecule is CC[C@H](C)[C@H](NC(=O)Cc1ccc(C(=O)c2ccc(C)cc2)n1C)C(=O)O. The van der Waals surface area contributed by atoms with E-state index in [4.69, 9.17) is 0 Å². The number of nitrogens with one attached hydrogen (secondary N) is 1. The monoisotopic (exact) mass is 370 g/mol. The van der Waals surface area contributed by atoms with Gasteiger partial charge in [-0.1, -0.05) is 50.1 Å². The molecule has 2 aromatic rings. The van der Waals surface area contributed by atoms with Crippen LogP contribution < -0.4 is 5.32 Å². The number of nitrogens with zero attached hydrogens (tertiary/aromatic N) is 1. The predicted molar refractivity (Wildman–Crippen MR) is 103 cm³/mol. The van der Waals surface area contributed by atoms with E-state index in [0.717, 1.165) is 5.56 Å². The van der Waals surface area contributed by atoms with E-state index >= 15 is 0 Å². The zero-order valence-electron chi connectivity index (χ0n) is 16.2. The summed E-state index contributed by atoms with van der Waals surface area (Å²) in [6, 6.07) is 9.81. The molecule has 1 aromatic heterocycles. The Morgan fingerprint density at radius 1 is 1.11 bits per heavy atom. The third-order valence-corrected chi connectivity index (χ3v) is 4.91. The fraction of sp³-hybridized carbons (Fsp3) is 0.381. The van der Waals surface area contributed by atoms with Crippen LogP contribution in [0, 0.1) is 12.8 Å². The standard InChI is InChI=1S/C21H26N2O4/c1-5-14(3)19(21(26)27)22-18(24)12-16-10-11-17(23(16)4)20(25)15-8-6-13(2)7-9-15/h6-11,14,19H,5,12H2,1-4H3,(H,22,24)(H,26,27)/t14-,19-/m0/s1. The number of aryl methyl sites for hydroxylation is 1. The molecular weight excluding hydrogens is 344 g/mol. The van der Waals surface area contributed by atoms with Crippen molar-refractivity contribution in [3.05, 3.63) is 58.9 Å². The Hall–Kier alpha value is -2.89. The highest BCUT2D eigenvalue weighted by molar-refractivity contribution is 6.08. The number of carbonyl (C=O) groups is 3. The van der Waals surface area contributed by atoms with Crippen LogP contribution in [0.5, 0.6) is 0 Å². The fourth-order valence-electron chi connectivity index (χ4n) is 2.88. The van der Waals surface area contributed by atoms with Crippen LogP contribution in [0.1, 0.15) is 47.6 Å². The lowest BCUT2D eigenvalue weighted by Gasteiger charge is -2.20. The highest BCUT2D eigenvalue weighted by atomic mass is 16.4. The van der Waals surface area contributed by atoms with E-state index in [1.54, 1.807) is 42.8 Å². The summed E-state index contributed by atoms with van der Waals surface area (Å²) in [5.74, 6) is -1.70. The maximum Gasteiger partial charge on any atom is 0.326 e. The molecular formula is C21H26N2O4. The Labute approximate surface area is 159 Å². The smallest absolute Gasteiger partial charge is 0.326 e. The number of benzene rings is 1. The van der Waals surface area contributed by atoms with Crippen LogP contribution in [0.2, 0.25) is 0 Å². The number of aromatic nitrogens is 1. The topological polar surface area (TPSA) is 88.4 Å². The van der Waals surface area contributed by atoms with Gasteiger partial charge in [0.05, 0.1) is 12.1 Å². The van der Waals surface area contributed by atoms with Crippen molar-refractivity contribution in [1.82, 2.24) is 9.88 Å². The first-order chi connectivity index (χ1) is 12.7. The maximum atomic E-state index is 12.7. The third-order valence-electron chi connectivity index (χ3n) is 4.91. The van der Waals surface area contributed by atoms with E-state index in [2.05, 4.69) is 5.32 Å². The molecule has 2 rings (SSSR count). The number of hydrogen-bond donors (Lipinski definition) is 2. The summed E-state index contributed by atoms with van der Waals surface area (Å²) in [5, 5.41) is 11.9. The normalized spacial score (nSPS) is 13.0. The summed E-state index contributed by atoms with van der Waals surface area (Å²) in [6.07, 6.45) is 0.661. The van der Waals surface area contributed by atoms with Crippen LogP contribution in [-0.4, -0.2) is 33.4 Å². The zero-order chi connectivity index (χ0) is 20.1. The first-order valence-electron chi connectivity index (χ1n) is 9.02. The van der Waals surface area contributed by atoms with Gasteiger partial charge < -0.3 is 15.0 Å². The van der Waals surface area contributed by atoms with Crippen LogP contribution in [0.15, 0.2) is 36.4 Å². The second-order valence-electron chi connectivity index (χ2n) is 6.91. The van der Waals surface area contributed by atoms with Gasteiger partial charge in [0.15, 0.2) is 0 Å². The lowest BCUT2D eigenvalue weighted by molar-refractivity contribution is -0.143. The number of ketones is 1. The number of carboxylic acid groups (broad SMARTS) is 1. The Kier molecular flexibility index (Phi) is 6.55. The number of hydrogen-bond acceptors (Lipinski definition) is 3. The number of amides is 1. The molecule has 27 heavy (non-hydrogen) atoms. The van der Waals surface area contributed by atoms with Crippen molar-refractivity contribution in [2.45, 2.75) is 39.7 Å². The molecule has 0 saturated heterocycles. The number of carbonyl (C=O) groups excluding carboxylic acids is 2. The van der Waals surface area contributed by atoms with Crippen molar-refractivity contribution in [3.63, 3.8) is 0 Å². The van der Waals surface area contributed by atoms with E-state index < -0.39 is 12.0 Å². The molecule has 0 bridgehead atoms. The molecule has 0 saturated carbocycles. The molecule has 1 aromatic carbocycles. The van der Waals surface area contributed by atoms with E-state index in [1.165, 1.54) is 0 Å². The van der Waals surface area contributed by atoms with Crippen LogP contribution in [0.3, 0.4) is 0 Å². The Morgan fingerprint density at radius 2 is 1.74 bits per heavy atom. The Morgan fingerprint density at radius 3 is 2.30 bits per heavy atom. The van der Waals surface area contributed by atoms with Gasteiger partial charge in [-0.3, -0.25) is 9.59 Å². The largest absolute Gasteiger partial charge is 0.480 e. The van der Waals surface area contributed by atoms with Crippen LogP contribution >= 0.6 is 0 Å². The predicted octanol–water partition coefficient (Wildman–Crippen LogP) is 2.72. The molecule has 6 heteroatoms. The molecule has 0 aliphatic heterocycles. The minimum absolute atomic E-state index is 0.0118. The molecule has 0 aliphatic rings. The minimum Gasteiger partial charge on any atom is -0.480 e. The van der Waals surface area contributed by atoms with Crippen LogP contribution in [-0.2, 0) is 23.1 Å². The van der Waals surface area contributed by atoms with Gasteiger partial charge in [-0.05, 0) is 25.0 Å². The van der Waals surface area contributed by atoms with E-state index in [-0.39, 0.29) is 24.0 Å². The Balaban J connectivity index is 2.12. The molecule has 1 amide bonds. The van der Waals surface area contributed by atoms with Gasteiger partial charge in [-0.2, -0.15) is 0 Å². The Bertz CT molecular complexity index is 836. The van der Waals surface area contributed by atoms with Gasteiger partial charge in [-0.15, -0.1) is 0 Å². The number of aliphatic carboxylic acids is 1. The summed E-state index contributed by atoms with van der Waals surface area (Å²) in [5.41, 5.74) is 2.79. The van der Waals surface area contributed by atoms with Crippen LogP contribution in [0.25, 0.3) is 0 Å². The number of carboxylic acids is 1. The lowest BCUT2D eigenvalue weighted by atomic mass is 9.99. The van der Waals surface area contributed by atoms with E-state index in [0.29, 0.717) is 23.4 Å². The van der Waals surface area contributed by atoms with Crippen LogP contribution in [0.4, 0.5) is 0 Å². The molecule has 1 heterocycles. The van der Waals surface area contributed by atoms with Crippen molar-refractivity contribution < 1.29 is 19.5 Å². The van der Waals surface area contributed by atoms with Crippen molar-refractivity contribution in [2.75, 3.05) is 0 Å². The fourth-order valence-corrected chi connectivity index (χ4v) is 2.88. The van der Waals surface area contributed by atoms with Crippen molar-refractivity contribution >= 4 is 17.7 Å². The average Bonchev–Trinajstić information content (AvgIpc) is 2.99. The van der Waals surface area contributed by atoms with Crippen molar-refractivity contribution in [2.24, 2.45) is 13.0 Å². The van der Waals surface area contributed by atoms with Gasteiger partial charge in [0.2, 0.25) is 11.7 Å². The summed E-state index contributed by atoms with van der Waals surface area (Å²) < 4.78 is 1.68. The first kappa shape index (κ1) is 20.4. The van der Waals surface area contributed by atoms with Crippen molar-refractivity contribution in [3.8, 4) is 0 Å². The quantitative estimate of drug-likeness (QED) is 0.699. The molecule has 0 aliphatic carbocycles. The summed E-state index contributed by atoms with van der Waals surface area (Å²) in [4.78, 5) is 36.4. The molecule has 0 unspecified atom stereocenters. The van der Waals surface area contributed by atoms with Gasteiger partial charge in [-0.25, -0.2) is 4.79 Å². The summed E-state index contributed by atoms with van der Waals surface area (Å²) in [6.45, 7) is 5.63. The zero-order valence-corrected chi connectivity index (χ0v) is 16.2. The molecule has 0 fully saturated rings. The van der Waals surface area contributed by atoms with E-state index in [9.17, 15) is 19.5 Å². The second kappa shape index (κ2) is 8.66. The third kappa shape index (κ3) is 4.84. The maximum absolute atomic E-state index is 12.7. The molecule has 144 valence electrons. The average molecular weight is 370 g/mol.